The van der Waals surface area contributed by atoms with Crippen molar-refractivity contribution in [1.82, 2.24) is 0 Å². The number of hydrogen-bond donors (Lipinski definition) is 2. The second kappa shape index (κ2) is 7.88. The van der Waals surface area contributed by atoms with Crippen LogP contribution in [-0.2, 0) is 11.2 Å². The van der Waals surface area contributed by atoms with Gasteiger partial charge in [-0.1, -0.05) is 35.9 Å². The fraction of sp³-hybridized carbons (Fsp3) is 0.0476. The van der Waals surface area contributed by atoms with E-state index in [4.69, 9.17) is 16.0 Å². The van der Waals surface area contributed by atoms with Gasteiger partial charge in [-0.05, 0) is 41.8 Å². The Balaban J connectivity index is 1.64. The van der Waals surface area contributed by atoms with E-state index < -0.39 is 5.91 Å². The first-order chi connectivity index (χ1) is 13.6. The van der Waals surface area contributed by atoms with Gasteiger partial charge in [-0.2, -0.15) is 0 Å². The SMILES string of the molecule is O=C(Cc1cccs1)Nc1c(C(=O)Nc2cccc(Cl)c2)oc2ccccc12. The van der Waals surface area contributed by atoms with Gasteiger partial charge >= 0.3 is 0 Å². The number of thiophene rings is 1. The minimum atomic E-state index is -0.468. The summed E-state index contributed by atoms with van der Waals surface area (Å²) >= 11 is 7.48. The summed E-state index contributed by atoms with van der Waals surface area (Å²) in [4.78, 5) is 26.3. The zero-order valence-corrected chi connectivity index (χ0v) is 16.1. The topological polar surface area (TPSA) is 71.3 Å². The monoisotopic (exact) mass is 410 g/mol. The molecule has 0 fully saturated rings. The van der Waals surface area contributed by atoms with Crippen molar-refractivity contribution >= 4 is 57.1 Å². The highest BCUT2D eigenvalue weighted by atomic mass is 35.5. The Kier molecular flexibility index (Phi) is 5.14. The second-order valence-corrected chi connectivity index (χ2v) is 7.54. The largest absolute Gasteiger partial charge is 0.449 e. The summed E-state index contributed by atoms with van der Waals surface area (Å²) in [6.45, 7) is 0. The van der Waals surface area contributed by atoms with Crippen molar-refractivity contribution in [2.75, 3.05) is 10.6 Å². The number of nitrogens with one attached hydrogen (secondary N) is 2. The van der Waals surface area contributed by atoms with Gasteiger partial charge in [0.1, 0.15) is 11.3 Å². The number of carbonyl (C=O) groups excluding carboxylic acids is 2. The van der Waals surface area contributed by atoms with Gasteiger partial charge in [-0.25, -0.2) is 0 Å². The first kappa shape index (κ1) is 18.3. The average molecular weight is 411 g/mol. The third kappa shape index (κ3) is 3.93. The molecule has 0 radical (unpaired) electrons. The maximum Gasteiger partial charge on any atom is 0.293 e. The lowest BCUT2D eigenvalue weighted by molar-refractivity contribution is -0.115. The van der Waals surface area contributed by atoms with Crippen LogP contribution < -0.4 is 10.6 Å². The molecule has 0 aliphatic heterocycles. The van der Waals surface area contributed by atoms with Crippen molar-refractivity contribution in [3.63, 3.8) is 0 Å². The number of rotatable bonds is 5. The maximum atomic E-state index is 12.8. The number of furan rings is 1. The van der Waals surface area contributed by atoms with E-state index in [2.05, 4.69) is 10.6 Å². The molecular weight excluding hydrogens is 396 g/mol. The smallest absolute Gasteiger partial charge is 0.293 e. The van der Waals surface area contributed by atoms with E-state index in [0.29, 0.717) is 27.4 Å². The lowest BCUT2D eigenvalue weighted by atomic mass is 10.2. The number of hydrogen-bond acceptors (Lipinski definition) is 4. The van der Waals surface area contributed by atoms with Crippen LogP contribution >= 0.6 is 22.9 Å². The first-order valence-corrected chi connectivity index (χ1v) is 9.76. The molecule has 2 aromatic carbocycles. The van der Waals surface area contributed by atoms with Crippen LogP contribution in [0.5, 0.6) is 0 Å². The van der Waals surface area contributed by atoms with Crippen LogP contribution in [0.2, 0.25) is 5.02 Å². The highest BCUT2D eigenvalue weighted by Gasteiger charge is 2.22. The van der Waals surface area contributed by atoms with E-state index in [0.717, 1.165) is 4.88 Å². The lowest BCUT2D eigenvalue weighted by Crippen LogP contribution is -2.18. The van der Waals surface area contributed by atoms with Crippen molar-refractivity contribution in [2.24, 2.45) is 0 Å². The zero-order valence-electron chi connectivity index (χ0n) is 14.6. The van der Waals surface area contributed by atoms with Gasteiger partial charge in [0.25, 0.3) is 5.91 Å². The summed E-state index contributed by atoms with van der Waals surface area (Å²) in [5.41, 5.74) is 1.41. The molecule has 4 rings (SSSR count). The average Bonchev–Trinajstić information content (AvgIpc) is 3.30. The molecule has 0 spiro atoms. The molecule has 0 unspecified atom stereocenters. The summed E-state index contributed by atoms with van der Waals surface area (Å²) in [5, 5.41) is 8.68. The number of para-hydroxylation sites is 1. The summed E-state index contributed by atoms with van der Waals surface area (Å²) in [6.07, 6.45) is 0.229. The maximum absolute atomic E-state index is 12.8. The molecule has 0 aliphatic rings. The molecule has 140 valence electrons. The van der Waals surface area contributed by atoms with Crippen LogP contribution in [0.15, 0.2) is 70.5 Å². The molecule has 7 heteroatoms. The van der Waals surface area contributed by atoms with Crippen molar-refractivity contribution < 1.29 is 14.0 Å². The molecule has 0 aliphatic carbocycles. The van der Waals surface area contributed by atoms with Crippen molar-refractivity contribution in [3.8, 4) is 0 Å². The molecule has 5 nitrogen and oxygen atoms in total. The van der Waals surface area contributed by atoms with Crippen molar-refractivity contribution in [1.29, 1.82) is 0 Å². The van der Waals surface area contributed by atoms with Crippen LogP contribution in [0, 0.1) is 0 Å². The molecule has 0 bridgehead atoms. The molecule has 2 N–H and O–H groups in total. The molecule has 0 saturated carbocycles. The van der Waals surface area contributed by atoms with Gasteiger partial charge in [0.2, 0.25) is 11.7 Å². The normalized spacial score (nSPS) is 10.8. The Morgan fingerprint density at radius 1 is 1.00 bits per heavy atom. The van der Waals surface area contributed by atoms with E-state index in [1.807, 2.05) is 29.6 Å². The third-order valence-electron chi connectivity index (χ3n) is 4.06. The van der Waals surface area contributed by atoms with Crippen molar-refractivity contribution in [3.05, 3.63) is 81.7 Å². The number of anilines is 2. The standard InChI is InChI=1S/C21H15ClN2O3S/c22-13-5-3-6-14(11-13)23-21(26)20-19(16-8-1-2-9-17(16)27-20)24-18(25)12-15-7-4-10-28-15/h1-11H,12H2,(H,23,26)(H,24,25). The summed E-state index contributed by atoms with van der Waals surface area (Å²) in [7, 11) is 0. The van der Waals surface area contributed by atoms with Crippen molar-refractivity contribution in [2.45, 2.75) is 6.42 Å². The lowest BCUT2D eigenvalue weighted by Gasteiger charge is -2.07. The van der Waals surface area contributed by atoms with E-state index in [9.17, 15) is 9.59 Å². The van der Waals surface area contributed by atoms with E-state index >= 15 is 0 Å². The summed E-state index contributed by atoms with van der Waals surface area (Å²) in [5.74, 6) is -0.642. The predicted molar refractivity (Wildman–Crippen MR) is 112 cm³/mol. The first-order valence-electron chi connectivity index (χ1n) is 8.51. The summed E-state index contributed by atoms with van der Waals surface area (Å²) in [6, 6.07) is 17.8. The second-order valence-electron chi connectivity index (χ2n) is 6.07. The van der Waals surface area contributed by atoms with E-state index in [1.165, 1.54) is 11.3 Å². The van der Waals surface area contributed by atoms with Crippen LogP contribution in [0.25, 0.3) is 11.0 Å². The highest BCUT2D eigenvalue weighted by molar-refractivity contribution is 7.10. The number of carbonyl (C=O) groups is 2. The number of fused-ring (bicyclic) bond motifs is 1. The van der Waals surface area contributed by atoms with Gasteiger partial charge < -0.3 is 15.1 Å². The molecule has 0 atom stereocenters. The molecule has 28 heavy (non-hydrogen) atoms. The molecule has 4 aromatic rings. The molecule has 2 aromatic heterocycles. The fourth-order valence-electron chi connectivity index (χ4n) is 2.84. The fourth-order valence-corrected chi connectivity index (χ4v) is 3.73. The van der Waals surface area contributed by atoms with Crippen LogP contribution in [-0.4, -0.2) is 11.8 Å². The number of halogens is 1. The van der Waals surface area contributed by atoms with Gasteiger partial charge in [-0.3, -0.25) is 9.59 Å². The zero-order chi connectivity index (χ0) is 19.5. The molecular formula is C21H15ClN2O3S. The number of benzene rings is 2. The van der Waals surface area contributed by atoms with Crippen LogP contribution in [0.3, 0.4) is 0 Å². The van der Waals surface area contributed by atoms with Gasteiger partial charge in [0, 0.05) is 21.0 Å². The van der Waals surface area contributed by atoms with Gasteiger partial charge in [0.15, 0.2) is 0 Å². The molecule has 2 amide bonds. The Morgan fingerprint density at radius 2 is 1.86 bits per heavy atom. The quantitative estimate of drug-likeness (QED) is 0.451. The van der Waals surface area contributed by atoms with Gasteiger partial charge in [0.05, 0.1) is 6.42 Å². The minimum Gasteiger partial charge on any atom is -0.449 e. The number of amides is 2. The predicted octanol–water partition coefficient (Wildman–Crippen LogP) is 5.58. The van der Waals surface area contributed by atoms with Crippen LogP contribution in [0.4, 0.5) is 11.4 Å². The molecule has 2 heterocycles. The highest BCUT2D eigenvalue weighted by Crippen LogP contribution is 2.32. The summed E-state index contributed by atoms with van der Waals surface area (Å²) < 4.78 is 5.74. The Morgan fingerprint density at radius 3 is 2.64 bits per heavy atom. The van der Waals surface area contributed by atoms with E-state index in [1.54, 1.807) is 36.4 Å². The van der Waals surface area contributed by atoms with Crippen LogP contribution in [0.1, 0.15) is 15.4 Å². The Bertz CT molecular complexity index is 1150. The Hall–Kier alpha value is -3.09. The Labute approximate surface area is 169 Å². The van der Waals surface area contributed by atoms with Gasteiger partial charge in [-0.15, -0.1) is 11.3 Å². The minimum absolute atomic E-state index is 0.0423. The molecule has 0 saturated heterocycles. The third-order valence-corrected chi connectivity index (χ3v) is 5.17. The van der Waals surface area contributed by atoms with E-state index in [-0.39, 0.29) is 18.1 Å².